The molecule has 1 heterocycles. The molecule has 1 unspecified atom stereocenters. The number of nitrogens with one attached hydrogen (secondary N) is 1. The van der Waals surface area contributed by atoms with E-state index in [9.17, 15) is 19.2 Å². The number of carbonyl (C=O) groups is 4. The summed E-state index contributed by atoms with van der Waals surface area (Å²) in [6, 6.07) is 7.18. The number of benzene rings is 1. The lowest BCUT2D eigenvalue weighted by atomic mass is 9.85. The van der Waals surface area contributed by atoms with Gasteiger partial charge in [0, 0.05) is 26.1 Å². The van der Waals surface area contributed by atoms with Gasteiger partial charge in [-0.2, -0.15) is 0 Å². The molecule has 1 aromatic carbocycles. The van der Waals surface area contributed by atoms with Crippen molar-refractivity contribution in [3.63, 3.8) is 0 Å². The van der Waals surface area contributed by atoms with Crippen molar-refractivity contribution in [1.29, 1.82) is 0 Å². The van der Waals surface area contributed by atoms with E-state index in [4.69, 9.17) is 0 Å². The summed E-state index contributed by atoms with van der Waals surface area (Å²) in [5, 5.41) is 2.96. The van der Waals surface area contributed by atoms with E-state index >= 15 is 0 Å². The monoisotopic (exact) mass is 467 g/mol. The predicted octanol–water partition coefficient (Wildman–Crippen LogP) is 3.22. The van der Waals surface area contributed by atoms with Crippen molar-refractivity contribution < 1.29 is 19.2 Å². The van der Waals surface area contributed by atoms with Crippen molar-refractivity contribution in [2.24, 2.45) is 17.8 Å². The standard InChI is InChI=1S/C27H37N3O4/c1-5-23(25(32)28-16-18(2)3)30(17-20-11-7-6-10-19(20)4)24(31)14-15-29-26(33)21-12-8-9-13-22(21)27(29)34/h6-11,18,21-23H,5,12-17H2,1-4H3,(H,28,32)/t21-,22+,23?. The van der Waals surface area contributed by atoms with Gasteiger partial charge < -0.3 is 10.2 Å². The zero-order valence-corrected chi connectivity index (χ0v) is 20.8. The Hall–Kier alpha value is -2.96. The van der Waals surface area contributed by atoms with E-state index in [0.717, 1.165) is 11.1 Å². The number of fused-ring (bicyclic) bond motifs is 1. The summed E-state index contributed by atoms with van der Waals surface area (Å²) in [6.07, 6.45) is 5.53. The predicted molar refractivity (Wildman–Crippen MR) is 130 cm³/mol. The highest BCUT2D eigenvalue weighted by Crippen LogP contribution is 2.35. The number of carbonyl (C=O) groups excluding carboxylic acids is 4. The summed E-state index contributed by atoms with van der Waals surface area (Å²) in [5.74, 6) is -1.08. The number of hydrogen-bond acceptors (Lipinski definition) is 4. The molecule has 184 valence electrons. The average molecular weight is 468 g/mol. The highest BCUT2D eigenvalue weighted by molar-refractivity contribution is 6.05. The highest BCUT2D eigenvalue weighted by atomic mass is 16.2. The maximum atomic E-state index is 13.5. The molecule has 0 radical (unpaired) electrons. The van der Waals surface area contributed by atoms with Gasteiger partial charge in [-0.25, -0.2) is 0 Å². The Labute approximate surface area is 202 Å². The van der Waals surface area contributed by atoms with Crippen molar-refractivity contribution in [3.8, 4) is 0 Å². The van der Waals surface area contributed by atoms with Gasteiger partial charge in [-0.1, -0.05) is 57.2 Å². The van der Waals surface area contributed by atoms with Crippen molar-refractivity contribution >= 4 is 23.6 Å². The first-order chi connectivity index (χ1) is 16.2. The van der Waals surface area contributed by atoms with Gasteiger partial charge in [-0.3, -0.25) is 24.1 Å². The molecule has 0 saturated carbocycles. The van der Waals surface area contributed by atoms with E-state index in [1.54, 1.807) is 4.90 Å². The summed E-state index contributed by atoms with van der Waals surface area (Å²) < 4.78 is 0. The van der Waals surface area contributed by atoms with Crippen LogP contribution in [0.3, 0.4) is 0 Å². The van der Waals surface area contributed by atoms with Crippen LogP contribution < -0.4 is 5.32 Å². The van der Waals surface area contributed by atoms with Gasteiger partial charge in [-0.05, 0) is 43.2 Å². The van der Waals surface area contributed by atoms with Crippen LogP contribution in [0.2, 0.25) is 0 Å². The van der Waals surface area contributed by atoms with Crippen molar-refractivity contribution in [2.75, 3.05) is 13.1 Å². The van der Waals surface area contributed by atoms with Gasteiger partial charge in [0.05, 0.1) is 11.8 Å². The molecule has 1 aliphatic carbocycles. The van der Waals surface area contributed by atoms with Crippen LogP contribution in [0.25, 0.3) is 0 Å². The second kappa shape index (κ2) is 11.4. The van der Waals surface area contributed by atoms with Crippen LogP contribution in [0.4, 0.5) is 0 Å². The van der Waals surface area contributed by atoms with Crippen LogP contribution in [0.1, 0.15) is 57.6 Å². The van der Waals surface area contributed by atoms with Crippen LogP contribution in [-0.2, 0) is 25.7 Å². The summed E-state index contributed by atoms with van der Waals surface area (Å²) >= 11 is 0. The van der Waals surface area contributed by atoms with Gasteiger partial charge in [0.25, 0.3) is 0 Å². The van der Waals surface area contributed by atoms with Crippen LogP contribution in [0.15, 0.2) is 36.4 Å². The summed E-state index contributed by atoms with van der Waals surface area (Å²) in [6.45, 7) is 8.81. The lowest BCUT2D eigenvalue weighted by Gasteiger charge is -2.32. The number of hydrogen-bond donors (Lipinski definition) is 1. The fraction of sp³-hybridized carbons (Fsp3) is 0.556. The zero-order chi connectivity index (χ0) is 24.8. The molecule has 3 rings (SSSR count). The number of nitrogens with zero attached hydrogens (tertiary/aromatic N) is 2. The van der Waals surface area contributed by atoms with Gasteiger partial charge in [-0.15, -0.1) is 0 Å². The van der Waals surface area contributed by atoms with Gasteiger partial charge in [0.1, 0.15) is 6.04 Å². The molecule has 1 saturated heterocycles. The molecule has 3 atom stereocenters. The number of likely N-dealkylation sites (tertiary alicyclic amines) is 1. The first-order valence-corrected chi connectivity index (χ1v) is 12.4. The Balaban J connectivity index is 1.76. The maximum Gasteiger partial charge on any atom is 0.242 e. The number of aryl methyl sites for hydroxylation is 1. The number of imide groups is 1. The molecule has 4 amide bonds. The van der Waals surface area contributed by atoms with Crippen molar-refractivity contribution in [3.05, 3.63) is 47.5 Å². The topological polar surface area (TPSA) is 86.8 Å². The van der Waals surface area contributed by atoms with Crippen LogP contribution in [-0.4, -0.2) is 52.6 Å². The van der Waals surface area contributed by atoms with Gasteiger partial charge in [0.2, 0.25) is 23.6 Å². The smallest absolute Gasteiger partial charge is 0.242 e. The van der Waals surface area contributed by atoms with Crippen LogP contribution in [0, 0.1) is 24.7 Å². The molecule has 0 aromatic heterocycles. The molecular formula is C27H37N3O4. The number of allylic oxidation sites excluding steroid dienone is 2. The minimum atomic E-state index is -0.623. The average Bonchev–Trinajstić information content (AvgIpc) is 3.06. The lowest BCUT2D eigenvalue weighted by molar-refractivity contribution is -0.144. The molecule has 0 bridgehead atoms. The third-order valence-electron chi connectivity index (χ3n) is 6.82. The first-order valence-electron chi connectivity index (χ1n) is 12.4. The molecule has 1 fully saturated rings. The minimum absolute atomic E-state index is 0.00416. The lowest BCUT2D eigenvalue weighted by Crippen LogP contribution is -2.50. The van der Waals surface area contributed by atoms with E-state index in [1.165, 1.54) is 4.90 Å². The third-order valence-corrected chi connectivity index (χ3v) is 6.82. The fourth-order valence-corrected chi connectivity index (χ4v) is 4.75. The van der Waals surface area contributed by atoms with Crippen molar-refractivity contribution in [1.82, 2.24) is 15.1 Å². The van der Waals surface area contributed by atoms with E-state index in [0.29, 0.717) is 38.3 Å². The number of amides is 4. The largest absolute Gasteiger partial charge is 0.354 e. The van der Waals surface area contributed by atoms with E-state index < -0.39 is 6.04 Å². The summed E-state index contributed by atoms with van der Waals surface area (Å²) in [5.41, 5.74) is 2.01. The molecule has 34 heavy (non-hydrogen) atoms. The Bertz CT molecular complexity index is 929. The van der Waals surface area contributed by atoms with Crippen LogP contribution >= 0.6 is 0 Å². The zero-order valence-electron chi connectivity index (χ0n) is 20.8. The molecule has 2 aliphatic rings. The third kappa shape index (κ3) is 5.75. The molecule has 7 heteroatoms. The van der Waals surface area contributed by atoms with E-state index in [1.807, 2.05) is 64.1 Å². The minimum Gasteiger partial charge on any atom is -0.354 e. The highest BCUT2D eigenvalue weighted by Gasteiger charge is 2.47. The SMILES string of the molecule is CCC(C(=O)NCC(C)C)N(Cc1ccccc1C)C(=O)CCN1C(=O)[C@H]2CC=CC[C@H]2C1=O. The molecule has 1 aliphatic heterocycles. The second-order valence-corrected chi connectivity index (χ2v) is 9.75. The van der Waals surface area contributed by atoms with Gasteiger partial charge >= 0.3 is 0 Å². The molecule has 0 spiro atoms. The number of rotatable bonds is 10. The van der Waals surface area contributed by atoms with E-state index in [2.05, 4.69) is 5.32 Å². The Morgan fingerprint density at radius 1 is 1.09 bits per heavy atom. The van der Waals surface area contributed by atoms with Gasteiger partial charge in [0.15, 0.2) is 0 Å². The molecule has 7 nitrogen and oxygen atoms in total. The Morgan fingerprint density at radius 3 is 2.26 bits per heavy atom. The summed E-state index contributed by atoms with van der Waals surface area (Å²) in [7, 11) is 0. The second-order valence-electron chi connectivity index (χ2n) is 9.75. The first kappa shape index (κ1) is 25.7. The normalized spacial score (nSPS) is 20.4. The quantitative estimate of drug-likeness (QED) is 0.423. The van der Waals surface area contributed by atoms with Crippen LogP contribution in [0.5, 0.6) is 0 Å². The molecular weight excluding hydrogens is 430 g/mol. The fourth-order valence-electron chi connectivity index (χ4n) is 4.75. The van der Waals surface area contributed by atoms with E-state index in [-0.39, 0.29) is 48.4 Å². The Morgan fingerprint density at radius 2 is 1.71 bits per heavy atom. The summed E-state index contributed by atoms with van der Waals surface area (Å²) in [4.78, 5) is 54.9. The Kier molecular flexibility index (Phi) is 8.64. The molecule has 1 N–H and O–H groups in total. The molecule has 1 aromatic rings. The maximum absolute atomic E-state index is 13.5. The van der Waals surface area contributed by atoms with Crippen molar-refractivity contribution in [2.45, 2.75) is 66.0 Å².